The minimum Gasteiger partial charge on any atom is -0.369 e. The van der Waals surface area contributed by atoms with Crippen molar-refractivity contribution in [2.45, 2.75) is 25.0 Å². The number of rotatable bonds is 0. The molecule has 1 aliphatic carbocycles. The van der Waals surface area contributed by atoms with Gasteiger partial charge in [0.15, 0.2) is 0 Å². The summed E-state index contributed by atoms with van der Waals surface area (Å²) in [5, 5.41) is 0. The first-order valence-electron chi connectivity index (χ1n) is 3.58. The third-order valence-corrected chi connectivity index (χ3v) is 1.59. The SMILES string of the molecule is C1=CCC2OC2C1.[2H]C=O. The molecule has 2 aliphatic rings. The van der Waals surface area contributed by atoms with E-state index in [2.05, 4.69) is 12.2 Å². The van der Waals surface area contributed by atoms with Crippen LogP contribution < -0.4 is 0 Å². The third-order valence-electron chi connectivity index (χ3n) is 1.59. The van der Waals surface area contributed by atoms with E-state index in [1.165, 1.54) is 0 Å². The van der Waals surface area contributed by atoms with Gasteiger partial charge in [-0.1, -0.05) is 12.2 Å². The Hall–Kier alpha value is -0.630. The monoisotopic (exact) mass is 127 g/mol. The summed E-state index contributed by atoms with van der Waals surface area (Å²) in [4.78, 5) is 8.47. The molecule has 0 aromatic carbocycles. The van der Waals surface area contributed by atoms with Crippen LogP contribution in [0.3, 0.4) is 0 Å². The molecule has 1 heterocycles. The standard InChI is InChI=1S/C6H8O.CH2O/c1-2-4-6-5(3-1)7-6;1-2/h1-2,5-6H,3-4H2;1H2/i;1D. The first kappa shape index (κ1) is 5.18. The van der Waals surface area contributed by atoms with Gasteiger partial charge in [-0.3, -0.25) is 0 Å². The van der Waals surface area contributed by atoms with Crippen LogP contribution in [0.4, 0.5) is 0 Å². The fourth-order valence-corrected chi connectivity index (χ4v) is 1.05. The molecule has 0 spiro atoms. The Labute approximate surface area is 55.9 Å². The van der Waals surface area contributed by atoms with Gasteiger partial charge in [0, 0.05) is 0 Å². The van der Waals surface area contributed by atoms with Crippen LogP contribution >= 0.6 is 0 Å². The van der Waals surface area contributed by atoms with Crippen LogP contribution in [0.5, 0.6) is 0 Å². The fourth-order valence-electron chi connectivity index (χ4n) is 1.05. The van der Waals surface area contributed by atoms with Crippen molar-refractivity contribution in [1.29, 1.82) is 0 Å². The molecule has 2 nitrogen and oxygen atoms in total. The van der Waals surface area contributed by atoms with Gasteiger partial charge in [0.05, 0.1) is 12.2 Å². The molecule has 0 radical (unpaired) electrons. The highest BCUT2D eigenvalue weighted by Crippen LogP contribution is 2.31. The lowest BCUT2D eigenvalue weighted by Gasteiger charge is -1.91. The highest BCUT2D eigenvalue weighted by Gasteiger charge is 2.37. The van der Waals surface area contributed by atoms with Gasteiger partial charge >= 0.3 is 0 Å². The Bertz CT molecular complexity index is 133. The lowest BCUT2D eigenvalue weighted by atomic mass is 10.1. The molecule has 0 amide bonds. The van der Waals surface area contributed by atoms with Crippen molar-refractivity contribution in [2.75, 3.05) is 0 Å². The van der Waals surface area contributed by atoms with Gasteiger partial charge in [0.1, 0.15) is 8.14 Å². The quantitative estimate of drug-likeness (QED) is 0.357. The molecule has 0 N–H and O–H groups in total. The van der Waals surface area contributed by atoms with Gasteiger partial charge in [0.2, 0.25) is 0 Å². The molecule has 1 fully saturated rings. The third kappa shape index (κ3) is 1.39. The molecule has 9 heavy (non-hydrogen) atoms. The van der Waals surface area contributed by atoms with Crippen LogP contribution in [0.15, 0.2) is 12.2 Å². The van der Waals surface area contributed by atoms with Crippen molar-refractivity contribution in [3.8, 4) is 0 Å². The molecule has 1 aliphatic heterocycles. The maximum Gasteiger partial charge on any atom is 0.106 e. The molecular weight excluding hydrogens is 116 g/mol. The van der Waals surface area contributed by atoms with Crippen molar-refractivity contribution in [3.63, 3.8) is 0 Å². The fraction of sp³-hybridized carbons (Fsp3) is 0.571. The summed E-state index contributed by atoms with van der Waals surface area (Å²) >= 11 is 0. The summed E-state index contributed by atoms with van der Waals surface area (Å²) in [6.07, 6.45) is 7.95. The van der Waals surface area contributed by atoms with Crippen molar-refractivity contribution in [2.24, 2.45) is 0 Å². The molecule has 1 saturated heterocycles. The van der Waals surface area contributed by atoms with E-state index in [0.29, 0.717) is 12.2 Å². The van der Waals surface area contributed by atoms with E-state index >= 15 is 0 Å². The van der Waals surface area contributed by atoms with E-state index in [4.69, 9.17) is 10.9 Å². The Morgan fingerprint density at radius 1 is 1.56 bits per heavy atom. The molecule has 50 valence electrons. The molecule has 2 atom stereocenters. The predicted octanol–water partition coefficient (Wildman–Crippen LogP) is 0.919. The number of ether oxygens (including phenoxy) is 1. The van der Waals surface area contributed by atoms with Crippen molar-refractivity contribution in [3.05, 3.63) is 12.2 Å². The number of fused-ring (bicyclic) bond motifs is 1. The smallest absolute Gasteiger partial charge is 0.106 e. The second-order valence-corrected chi connectivity index (χ2v) is 2.16. The Kier molecular flexibility index (Phi) is 1.60. The number of carbonyl (C=O) groups is 1. The summed E-state index contributed by atoms with van der Waals surface area (Å²) in [6, 6.07) is 0. The van der Waals surface area contributed by atoms with Crippen LogP contribution in [0.25, 0.3) is 0 Å². The molecule has 0 saturated carbocycles. The van der Waals surface area contributed by atoms with Gasteiger partial charge in [-0.05, 0) is 12.8 Å². The van der Waals surface area contributed by atoms with Gasteiger partial charge < -0.3 is 9.53 Å². The first-order valence-corrected chi connectivity index (χ1v) is 3.01. The van der Waals surface area contributed by atoms with Crippen LogP contribution in [-0.4, -0.2) is 19.0 Å². The molecular formula is C7H10O2. The normalized spacial score (nSPS) is 37.1. The summed E-state index contributed by atoms with van der Waals surface area (Å²) < 4.78 is 10.7. The lowest BCUT2D eigenvalue weighted by Crippen LogP contribution is -1.94. The molecule has 2 rings (SSSR count). The lowest BCUT2D eigenvalue weighted by molar-refractivity contribution is -0.0979. The zero-order valence-corrected chi connectivity index (χ0v) is 5.12. The average molecular weight is 127 g/mol. The van der Waals surface area contributed by atoms with E-state index in [-0.39, 0.29) is 6.77 Å². The minimum absolute atomic E-state index is 0. The molecule has 0 bridgehead atoms. The average Bonchev–Trinajstić information content (AvgIpc) is 2.66. The Morgan fingerprint density at radius 2 is 2.00 bits per heavy atom. The largest absolute Gasteiger partial charge is 0.369 e. The first-order chi connectivity index (χ1) is 4.88. The molecule has 2 heteroatoms. The molecule has 2 unspecified atom stereocenters. The van der Waals surface area contributed by atoms with E-state index in [9.17, 15) is 0 Å². The highest BCUT2D eigenvalue weighted by atomic mass is 16.6. The Balaban J connectivity index is 0.000000148. The molecule has 0 aromatic heterocycles. The second kappa shape index (κ2) is 2.78. The van der Waals surface area contributed by atoms with Crippen LogP contribution in [0.1, 0.15) is 14.2 Å². The van der Waals surface area contributed by atoms with Gasteiger partial charge in [-0.25, -0.2) is 0 Å². The number of carbonyl (C=O) groups excluding carboxylic acids is 1. The number of hydrogen-bond donors (Lipinski definition) is 0. The highest BCUT2D eigenvalue weighted by molar-refractivity contribution is 5.11. The van der Waals surface area contributed by atoms with Gasteiger partial charge in [-0.15, -0.1) is 0 Å². The van der Waals surface area contributed by atoms with E-state index < -0.39 is 0 Å². The van der Waals surface area contributed by atoms with Gasteiger partial charge in [-0.2, -0.15) is 0 Å². The van der Waals surface area contributed by atoms with E-state index in [1.807, 2.05) is 0 Å². The van der Waals surface area contributed by atoms with E-state index in [0.717, 1.165) is 12.8 Å². The van der Waals surface area contributed by atoms with Crippen molar-refractivity contribution in [1.82, 2.24) is 0 Å². The topological polar surface area (TPSA) is 29.6 Å². The maximum absolute atomic E-state index is 8.47. The predicted molar refractivity (Wildman–Crippen MR) is 34.2 cm³/mol. The summed E-state index contributed by atoms with van der Waals surface area (Å²) in [6.45, 7) is 0. The molecule has 0 aromatic rings. The number of hydrogen-bond acceptors (Lipinski definition) is 2. The van der Waals surface area contributed by atoms with Crippen LogP contribution in [0, 0.1) is 0 Å². The van der Waals surface area contributed by atoms with Gasteiger partial charge in [0.25, 0.3) is 0 Å². The maximum atomic E-state index is 8.47. The summed E-state index contributed by atoms with van der Waals surface area (Å²) in [5.41, 5.74) is 0. The van der Waals surface area contributed by atoms with Crippen LogP contribution in [-0.2, 0) is 9.53 Å². The van der Waals surface area contributed by atoms with Crippen LogP contribution in [0.2, 0.25) is 0 Å². The Morgan fingerprint density at radius 3 is 2.33 bits per heavy atom. The van der Waals surface area contributed by atoms with Crippen molar-refractivity contribution < 1.29 is 10.9 Å². The van der Waals surface area contributed by atoms with E-state index in [1.54, 1.807) is 0 Å². The number of epoxide rings is 1. The summed E-state index contributed by atoms with van der Waals surface area (Å²) in [7, 11) is 0. The zero-order chi connectivity index (χ0) is 7.40. The second-order valence-electron chi connectivity index (χ2n) is 2.16. The van der Waals surface area contributed by atoms with Crippen molar-refractivity contribution >= 4 is 6.77 Å². The zero-order valence-electron chi connectivity index (χ0n) is 6.12. The minimum atomic E-state index is 0. The summed E-state index contributed by atoms with van der Waals surface area (Å²) in [5.74, 6) is 0.